The van der Waals surface area contributed by atoms with Gasteiger partial charge in [-0.1, -0.05) is 24.3 Å². The molecule has 1 aromatic rings. The number of aliphatic hydroxyl groups excluding tert-OH is 2. The summed E-state index contributed by atoms with van der Waals surface area (Å²) in [6, 6.07) is 8.73. The fourth-order valence-electron chi connectivity index (χ4n) is 3.27. The highest BCUT2D eigenvalue weighted by Crippen LogP contribution is 2.32. The zero-order chi connectivity index (χ0) is 16.8. The van der Waals surface area contributed by atoms with Crippen molar-refractivity contribution in [3.8, 4) is 0 Å². The number of ether oxygens (including phenoxy) is 1. The van der Waals surface area contributed by atoms with Gasteiger partial charge in [-0.3, -0.25) is 4.90 Å². The highest BCUT2D eigenvalue weighted by atomic mass is 16.5. The Labute approximate surface area is 140 Å². The Morgan fingerprint density at radius 3 is 2.61 bits per heavy atom. The van der Waals surface area contributed by atoms with Crippen LogP contribution < -0.4 is 0 Å². The summed E-state index contributed by atoms with van der Waals surface area (Å²) in [4.78, 5) is 2.09. The van der Waals surface area contributed by atoms with Gasteiger partial charge in [-0.25, -0.2) is 0 Å². The molecule has 23 heavy (non-hydrogen) atoms. The van der Waals surface area contributed by atoms with Crippen LogP contribution >= 0.6 is 0 Å². The molecule has 0 radical (unpaired) electrons. The van der Waals surface area contributed by atoms with E-state index in [1.54, 1.807) is 6.92 Å². The van der Waals surface area contributed by atoms with E-state index in [1.807, 2.05) is 0 Å². The van der Waals surface area contributed by atoms with Crippen molar-refractivity contribution in [2.45, 2.75) is 64.4 Å². The third-order valence-corrected chi connectivity index (χ3v) is 4.48. The van der Waals surface area contributed by atoms with E-state index < -0.39 is 12.2 Å². The predicted molar refractivity (Wildman–Crippen MR) is 92.5 cm³/mol. The van der Waals surface area contributed by atoms with Gasteiger partial charge in [0.15, 0.2) is 0 Å². The number of hydrogen-bond acceptors (Lipinski definition) is 4. The summed E-state index contributed by atoms with van der Waals surface area (Å²) in [5.41, 5.74) is 2.65. The zero-order valence-corrected chi connectivity index (χ0v) is 14.6. The summed E-state index contributed by atoms with van der Waals surface area (Å²) in [5, 5.41) is 19.9. The fraction of sp³-hybridized carbons (Fsp3) is 0.684. The van der Waals surface area contributed by atoms with Crippen molar-refractivity contribution >= 4 is 0 Å². The Kier molecular flexibility index (Phi) is 7.03. The molecule has 3 atom stereocenters. The summed E-state index contributed by atoms with van der Waals surface area (Å²) in [6.07, 6.45) is 2.44. The molecule has 0 heterocycles. The van der Waals surface area contributed by atoms with Gasteiger partial charge in [0, 0.05) is 19.1 Å². The first-order valence-electron chi connectivity index (χ1n) is 8.77. The van der Waals surface area contributed by atoms with Crippen molar-refractivity contribution in [3.05, 3.63) is 35.4 Å². The SMILES string of the molecule is CC(O)CN(CC(O)COC1CCCc2ccccc21)C(C)C. The molecule has 1 aromatic carbocycles. The van der Waals surface area contributed by atoms with Crippen molar-refractivity contribution in [2.75, 3.05) is 19.7 Å². The van der Waals surface area contributed by atoms with Crippen molar-refractivity contribution in [3.63, 3.8) is 0 Å². The minimum absolute atomic E-state index is 0.0962. The lowest BCUT2D eigenvalue weighted by atomic mass is 9.89. The molecule has 4 nitrogen and oxygen atoms in total. The Morgan fingerprint density at radius 1 is 1.17 bits per heavy atom. The van der Waals surface area contributed by atoms with E-state index in [9.17, 15) is 10.2 Å². The van der Waals surface area contributed by atoms with Crippen LogP contribution in [0.15, 0.2) is 24.3 Å². The van der Waals surface area contributed by atoms with E-state index in [0.717, 1.165) is 19.3 Å². The van der Waals surface area contributed by atoms with Gasteiger partial charge in [0.1, 0.15) is 0 Å². The van der Waals surface area contributed by atoms with Gasteiger partial charge in [0.25, 0.3) is 0 Å². The first kappa shape index (κ1) is 18.4. The Hall–Kier alpha value is -0.940. The highest BCUT2D eigenvalue weighted by molar-refractivity contribution is 5.31. The topological polar surface area (TPSA) is 52.9 Å². The van der Waals surface area contributed by atoms with Crippen LogP contribution in [-0.4, -0.2) is 53.1 Å². The maximum Gasteiger partial charge on any atom is 0.0900 e. The molecule has 1 aliphatic carbocycles. The molecule has 0 aromatic heterocycles. The van der Waals surface area contributed by atoms with Crippen LogP contribution in [0.3, 0.4) is 0 Å². The Morgan fingerprint density at radius 2 is 1.91 bits per heavy atom. The normalized spacial score (nSPS) is 20.6. The lowest BCUT2D eigenvalue weighted by Crippen LogP contribution is -2.43. The van der Waals surface area contributed by atoms with Crippen LogP contribution in [0.2, 0.25) is 0 Å². The van der Waals surface area contributed by atoms with E-state index in [1.165, 1.54) is 11.1 Å². The van der Waals surface area contributed by atoms with Crippen LogP contribution in [0.25, 0.3) is 0 Å². The van der Waals surface area contributed by atoms with Crippen LogP contribution in [0.1, 0.15) is 50.8 Å². The van der Waals surface area contributed by atoms with Gasteiger partial charge in [-0.2, -0.15) is 0 Å². The van der Waals surface area contributed by atoms with E-state index in [2.05, 4.69) is 43.0 Å². The van der Waals surface area contributed by atoms with Crippen LogP contribution in [0, 0.1) is 0 Å². The molecule has 2 N–H and O–H groups in total. The highest BCUT2D eigenvalue weighted by Gasteiger charge is 2.22. The van der Waals surface area contributed by atoms with Gasteiger partial charge in [0.05, 0.1) is 24.9 Å². The molecular formula is C19H31NO3. The molecule has 0 saturated heterocycles. The third-order valence-electron chi connectivity index (χ3n) is 4.48. The van der Waals surface area contributed by atoms with Gasteiger partial charge < -0.3 is 14.9 Å². The molecule has 130 valence electrons. The van der Waals surface area contributed by atoms with E-state index in [4.69, 9.17) is 4.74 Å². The monoisotopic (exact) mass is 321 g/mol. The van der Waals surface area contributed by atoms with E-state index in [-0.39, 0.29) is 12.1 Å². The van der Waals surface area contributed by atoms with Crippen molar-refractivity contribution in [2.24, 2.45) is 0 Å². The van der Waals surface area contributed by atoms with Gasteiger partial charge in [0.2, 0.25) is 0 Å². The average molecular weight is 321 g/mol. The minimum Gasteiger partial charge on any atom is -0.392 e. The quantitative estimate of drug-likeness (QED) is 0.772. The molecule has 3 unspecified atom stereocenters. The lowest BCUT2D eigenvalue weighted by Gasteiger charge is -2.31. The van der Waals surface area contributed by atoms with Crippen molar-refractivity contribution in [1.29, 1.82) is 0 Å². The molecule has 0 amide bonds. The number of nitrogens with zero attached hydrogens (tertiary/aromatic N) is 1. The summed E-state index contributed by atoms with van der Waals surface area (Å²) < 4.78 is 6.02. The van der Waals surface area contributed by atoms with Crippen molar-refractivity contribution < 1.29 is 14.9 Å². The lowest BCUT2D eigenvalue weighted by molar-refractivity contribution is -0.0348. The first-order chi connectivity index (χ1) is 11.0. The summed E-state index contributed by atoms with van der Waals surface area (Å²) >= 11 is 0. The molecular weight excluding hydrogens is 290 g/mol. The number of fused-ring (bicyclic) bond motifs is 1. The standard InChI is InChI=1S/C19H31NO3/c1-14(2)20(11-15(3)21)12-17(22)13-23-19-10-6-8-16-7-4-5-9-18(16)19/h4-5,7,9,14-15,17,19,21-22H,6,8,10-13H2,1-3H3. The average Bonchev–Trinajstić information content (AvgIpc) is 2.51. The number of aryl methyl sites for hydroxylation is 1. The molecule has 0 bridgehead atoms. The van der Waals surface area contributed by atoms with Crippen LogP contribution in [0.5, 0.6) is 0 Å². The molecule has 0 spiro atoms. The second-order valence-corrected chi connectivity index (χ2v) is 6.96. The van der Waals surface area contributed by atoms with Crippen LogP contribution in [-0.2, 0) is 11.2 Å². The molecule has 1 aliphatic rings. The fourth-order valence-corrected chi connectivity index (χ4v) is 3.27. The maximum absolute atomic E-state index is 10.3. The van der Waals surface area contributed by atoms with Gasteiger partial charge in [-0.05, 0) is 51.2 Å². The summed E-state index contributed by atoms with van der Waals surface area (Å²) in [5.74, 6) is 0. The smallest absolute Gasteiger partial charge is 0.0900 e. The largest absolute Gasteiger partial charge is 0.392 e. The number of rotatable bonds is 8. The zero-order valence-electron chi connectivity index (χ0n) is 14.6. The van der Waals surface area contributed by atoms with E-state index >= 15 is 0 Å². The Bertz CT molecular complexity index is 475. The second kappa shape index (κ2) is 8.78. The minimum atomic E-state index is -0.537. The molecule has 0 fully saturated rings. The van der Waals surface area contributed by atoms with Gasteiger partial charge in [-0.15, -0.1) is 0 Å². The first-order valence-corrected chi connectivity index (χ1v) is 8.77. The molecule has 4 heteroatoms. The van der Waals surface area contributed by atoms with Crippen LogP contribution in [0.4, 0.5) is 0 Å². The number of aliphatic hydroxyl groups is 2. The van der Waals surface area contributed by atoms with Gasteiger partial charge >= 0.3 is 0 Å². The predicted octanol–water partition coefficient (Wildman–Crippen LogP) is 2.53. The summed E-state index contributed by atoms with van der Waals surface area (Å²) in [6.45, 7) is 7.36. The summed E-state index contributed by atoms with van der Waals surface area (Å²) in [7, 11) is 0. The van der Waals surface area contributed by atoms with Crippen molar-refractivity contribution in [1.82, 2.24) is 4.90 Å². The molecule has 2 rings (SSSR count). The second-order valence-electron chi connectivity index (χ2n) is 6.96. The number of hydrogen-bond donors (Lipinski definition) is 2. The molecule has 0 saturated carbocycles. The third kappa shape index (κ3) is 5.57. The van der Waals surface area contributed by atoms with E-state index in [0.29, 0.717) is 19.7 Å². The Balaban J connectivity index is 1.86. The maximum atomic E-state index is 10.3. The molecule has 0 aliphatic heterocycles. The number of benzene rings is 1.